The summed E-state index contributed by atoms with van der Waals surface area (Å²) in [6.07, 6.45) is 11.3. The minimum atomic E-state index is -0.00228. The first-order valence-electron chi connectivity index (χ1n) is 5.89. The van der Waals surface area contributed by atoms with Gasteiger partial charge in [0.1, 0.15) is 0 Å². The van der Waals surface area contributed by atoms with E-state index in [9.17, 15) is 4.79 Å². The van der Waals surface area contributed by atoms with Gasteiger partial charge in [-0.2, -0.15) is 0 Å². The molecule has 82 valence electrons. The molecule has 1 aliphatic carbocycles. The molecule has 0 amide bonds. The van der Waals surface area contributed by atoms with Crippen LogP contribution in [0.2, 0.25) is 0 Å². The Morgan fingerprint density at radius 3 is 2.57 bits per heavy atom. The number of rotatable bonds is 6. The summed E-state index contributed by atoms with van der Waals surface area (Å²) in [5, 5.41) is 0. The predicted molar refractivity (Wildman–Crippen MR) is 61.1 cm³/mol. The number of hydrogen-bond donors (Lipinski definition) is 0. The summed E-state index contributed by atoms with van der Waals surface area (Å²) in [4.78, 5) is 10.8. The van der Waals surface area contributed by atoms with E-state index in [0.29, 0.717) is 16.9 Å². The van der Waals surface area contributed by atoms with Crippen molar-refractivity contribution in [3.63, 3.8) is 0 Å². The second-order valence-electron chi connectivity index (χ2n) is 4.33. The Morgan fingerprint density at radius 1 is 1.21 bits per heavy atom. The van der Waals surface area contributed by atoms with Gasteiger partial charge in [-0.15, -0.1) is 0 Å². The molecular formula is C11H22O2Si. The third-order valence-electron chi connectivity index (χ3n) is 3.20. The molecule has 0 atom stereocenters. The molecule has 2 nitrogen and oxygen atoms in total. The Labute approximate surface area is 90.0 Å². The van der Waals surface area contributed by atoms with Crippen molar-refractivity contribution in [3.8, 4) is 0 Å². The molecule has 0 saturated heterocycles. The van der Waals surface area contributed by atoms with Crippen LogP contribution < -0.4 is 0 Å². The van der Waals surface area contributed by atoms with E-state index in [4.69, 9.17) is 4.43 Å². The maximum absolute atomic E-state index is 10.8. The number of unbranched alkanes of at least 4 members (excludes halogenated alkanes) is 2. The number of carbonyl (C=O) groups excluding carboxylic acids is 1. The summed E-state index contributed by atoms with van der Waals surface area (Å²) in [5.41, 5.74) is 0. The Balaban J connectivity index is 1.86. The molecule has 1 aliphatic rings. The minimum Gasteiger partial charge on any atom is -0.529 e. The Bertz CT molecular complexity index is 165. The lowest BCUT2D eigenvalue weighted by molar-refractivity contribution is -0.134. The molecule has 0 aromatic carbocycles. The summed E-state index contributed by atoms with van der Waals surface area (Å²) in [7, 11) is 0.549. The van der Waals surface area contributed by atoms with Gasteiger partial charge in [-0.1, -0.05) is 44.9 Å². The highest BCUT2D eigenvalue weighted by Gasteiger charge is 2.13. The zero-order valence-electron chi connectivity index (χ0n) is 9.26. The van der Waals surface area contributed by atoms with Crippen molar-refractivity contribution in [3.05, 3.63) is 0 Å². The molecule has 3 heteroatoms. The van der Waals surface area contributed by atoms with Gasteiger partial charge in [0.05, 0.1) is 0 Å². The third-order valence-corrected chi connectivity index (χ3v) is 3.65. The topological polar surface area (TPSA) is 26.3 Å². The second kappa shape index (κ2) is 7.04. The van der Waals surface area contributed by atoms with E-state index in [0.717, 1.165) is 12.3 Å². The Hall–Kier alpha value is -0.313. The molecule has 0 aromatic rings. The van der Waals surface area contributed by atoms with Crippen LogP contribution in [0.15, 0.2) is 0 Å². The maximum Gasteiger partial charge on any atom is 0.291 e. The number of hydrogen-bond acceptors (Lipinski definition) is 2. The Kier molecular flexibility index (Phi) is 5.92. The quantitative estimate of drug-likeness (QED) is 0.499. The normalized spacial score (nSPS) is 17.4. The van der Waals surface area contributed by atoms with E-state index in [1.54, 1.807) is 0 Å². The lowest BCUT2D eigenvalue weighted by Gasteiger charge is -2.07. The van der Waals surface area contributed by atoms with E-state index in [1.165, 1.54) is 44.9 Å². The van der Waals surface area contributed by atoms with Crippen LogP contribution in [0.4, 0.5) is 0 Å². The summed E-state index contributed by atoms with van der Waals surface area (Å²) in [6.45, 7) is 0. The molecule has 0 N–H and O–H groups in total. The zero-order chi connectivity index (χ0) is 10.2. The largest absolute Gasteiger partial charge is 0.529 e. The zero-order valence-corrected chi connectivity index (χ0v) is 11.3. The van der Waals surface area contributed by atoms with Gasteiger partial charge in [0.2, 0.25) is 10.5 Å². The maximum atomic E-state index is 10.8. The molecule has 0 heterocycles. The van der Waals surface area contributed by atoms with Gasteiger partial charge >= 0.3 is 0 Å². The fourth-order valence-electron chi connectivity index (χ4n) is 2.28. The molecule has 1 rings (SSSR count). The fraction of sp³-hybridized carbons (Fsp3) is 0.909. The molecule has 0 unspecified atom stereocenters. The van der Waals surface area contributed by atoms with Crippen LogP contribution in [0, 0.1) is 5.92 Å². The van der Waals surface area contributed by atoms with Crippen LogP contribution in [0.3, 0.4) is 0 Å². The molecule has 0 aliphatic heterocycles. The first kappa shape index (κ1) is 11.8. The first-order valence-corrected chi connectivity index (χ1v) is 6.71. The van der Waals surface area contributed by atoms with Gasteiger partial charge in [-0.05, 0) is 12.3 Å². The van der Waals surface area contributed by atoms with Crippen LogP contribution in [-0.2, 0) is 9.22 Å². The number of carbonyl (C=O) groups is 1. The van der Waals surface area contributed by atoms with Crippen molar-refractivity contribution in [2.75, 3.05) is 0 Å². The standard InChI is InChI=1S/C11H22O2Si/c12-11(13-14)9-3-1-2-6-10-7-4-5-8-10/h10H,1-9H2,14H3. The highest BCUT2D eigenvalue weighted by atomic mass is 28.2. The van der Waals surface area contributed by atoms with Crippen molar-refractivity contribution in [2.24, 2.45) is 5.92 Å². The van der Waals surface area contributed by atoms with Crippen LogP contribution in [0.1, 0.15) is 57.8 Å². The van der Waals surface area contributed by atoms with E-state index in [-0.39, 0.29) is 5.97 Å². The van der Waals surface area contributed by atoms with Gasteiger partial charge in [0.25, 0.3) is 5.97 Å². The average molecular weight is 214 g/mol. The minimum absolute atomic E-state index is 0.00228. The van der Waals surface area contributed by atoms with Crippen LogP contribution in [0.25, 0.3) is 0 Å². The summed E-state index contributed by atoms with van der Waals surface area (Å²) in [6, 6.07) is 0. The molecule has 0 aromatic heterocycles. The van der Waals surface area contributed by atoms with E-state index < -0.39 is 0 Å². The lowest BCUT2D eigenvalue weighted by Crippen LogP contribution is -2.00. The van der Waals surface area contributed by atoms with Gasteiger partial charge in [0, 0.05) is 6.42 Å². The molecule has 0 bridgehead atoms. The smallest absolute Gasteiger partial charge is 0.291 e. The summed E-state index contributed by atoms with van der Waals surface area (Å²) < 4.78 is 4.73. The molecule has 1 fully saturated rings. The van der Waals surface area contributed by atoms with Crippen molar-refractivity contribution >= 4 is 16.5 Å². The molecule has 14 heavy (non-hydrogen) atoms. The average Bonchev–Trinajstić information content (AvgIpc) is 2.69. The van der Waals surface area contributed by atoms with Crippen molar-refractivity contribution in [2.45, 2.75) is 57.8 Å². The van der Waals surface area contributed by atoms with Crippen molar-refractivity contribution < 1.29 is 9.22 Å². The van der Waals surface area contributed by atoms with Gasteiger partial charge in [-0.25, -0.2) is 0 Å². The Morgan fingerprint density at radius 2 is 1.93 bits per heavy atom. The molecule has 0 spiro atoms. The van der Waals surface area contributed by atoms with E-state index >= 15 is 0 Å². The summed E-state index contributed by atoms with van der Waals surface area (Å²) >= 11 is 0. The van der Waals surface area contributed by atoms with Crippen LogP contribution in [-0.4, -0.2) is 16.5 Å². The lowest BCUT2D eigenvalue weighted by atomic mass is 9.99. The molecule has 1 saturated carbocycles. The van der Waals surface area contributed by atoms with E-state index in [2.05, 4.69) is 0 Å². The van der Waals surface area contributed by atoms with E-state index in [1.807, 2.05) is 0 Å². The van der Waals surface area contributed by atoms with Crippen LogP contribution >= 0.6 is 0 Å². The van der Waals surface area contributed by atoms with Gasteiger partial charge < -0.3 is 4.43 Å². The van der Waals surface area contributed by atoms with Crippen molar-refractivity contribution in [1.29, 1.82) is 0 Å². The van der Waals surface area contributed by atoms with Gasteiger partial charge in [-0.3, -0.25) is 4.79 Å². The molecule has 0 radical (unpaired) electrons. The highest BCUT2D eigenvalue weighted by molar-refractivity contribution is 6.05. The molecular weight excluding hydrogens is 192 g/mol. The monoisotopic (exact) mass is 214 g/mol. The van der Waals surface area contributed by atoms with Crippen molar-refractivity contribution in [1.82, 2.24) is 0 Å². The van der Waals surface area contributed by atoms with Gasteiger partial charge in [0.15, 0.2) is 0 Å². The fourth-order valence-corrected chi connectivity index (χ4v) is 2.48. The highest BCUT2D eigenvalue weighted by Crippen LogP contribution is 2.29. The second-order valence-corrected chi connectivity index (χ2v) is 4.73. The first-order chi connectivity index (χ1) is 6.83. The predicted octanol–water partition coefficient (Wildman–Crippen LogP) is 1.95. The summed E-state index contributed by atoms with van der Waals surface area (Å²) in [5.74, 6) is 0.998. The third kappa shape index (κ3) is 4.79. The SMILES string of the molecule is O=C(CCCCCC1CCCC1)O[SiH3]. The van der Waals surface area contributed by atoms with Crippen LogP contribution in [0.5, 0.6) is 0 Å².